The zero-order chi connectivity index (χ0) is 14.7. The molecule has 1 aromatic carbocycles. The van der Waals surface area contributed by atoms with E-state index in [0.29, 0.717) is 11.4 Å². The number of nitrogens with zero attached hydrogens (tertiary/aromatic N) is 1. The van der Waals surface area contributed by atoms with Crippen molar-refractivity contribution in [3.63, 3.8) is 0 Å². The molecule has 0 bridgehead atoms. The van der Waals surface area contributed by atoms with E-state index in [1.54, 1.807) is 18.3 Å². The number of nitrogens with two attached hydrogens (primary N) is 1. The molecule has 0 radical (unpaired) electrons. The third-order valence-corrected chi connectivity index (χ3v) is 3.85. The minimum absolute atomic E-state index is 0.0849. The number of carbonyl (C=O) groups is 1. The number of rotatable bonds is 3. The topological polar surface area (TPSA) is 80.0 Å². The van der Waals surface area contributed by atoms with E-state index in [9.17, 15) is 4.79 Å². The van der Waals surface area contributed by atoms with Crippen molar-refractivity contribution >= 4 is 11.7 Å². The Bertz CT molecular complexity index is 656. The van der Waals surface area contributed by atoms with E-state index in [4.69, 9.17) is 5.84 Å². The quantitative estimate of drug-likeness (QED) is 0.591. The highest BCUT2D eigenvalue weighted by molar-refractivity contribution is 5.95. The van der Waals surface area contributed by atoms with Crippen LogP contribution < -0.4 is 16.6 Å². The van der Waals surface area contributed by atoms with Crippen LogP contribution in [0.5, 0.6) is 0 Å². The van der Waals surface area contributed by atoms with Crippen LogP contribution >= 0.6 is 0 Å². The largest absolute Gasteiger partial charge is 0.349 e. The van der Waals surface area contributed by atoms with Gasteiger partial charge in [0.1, 0.15) is 5.82 Å². The van der Waals surface area contributed by atoms with Gasteiger partial charge in [0, 0.05) is 17.8 Å². The molecule has 3 rings (SSSR count). The molecule has 1 heterocycles. The number of amides is 1. The van der Waals surface area contributed by atoms with Gasteiger partial charge in [0.05, 0.1) is 0 Å². The molecule has 108 valence electrons. The molecule has 0 aliphatic heterocycles. The van der Waals surface area contributed by atoms with Crippen molar-refractivity contribution < 1.29 is 4.79 Å². The zero-order valence-electron chi connectivity index (χ0n) is 11.7. The number of hydrazine groups is 1. The van der Waals surface area contributed by atoms with E-state index in [2.05, 4.69) is 33.9 Å². The summed E-state index contributed by atoms with van der Waals surface area (Å²) in [5, 5.41) is 3.09. The molecule has 21 heavy (non-hydrogen) atoms. The Hall–Kier alpha value is -2.40. The number of hydrogen-bond acceptors (Lipinski definition) is 4. The van der Waals surface area contributed by atoms with Crippen molar-refractivity contribution in [2.75, 3.05) is 5.43 Å². The van der Waals surface area contributed by atoms with Gasteiger partial charge in [-0.15, -0.1) is 0 Å². The van der Waals surface area contributed by atoms with Gasteiger partial charge in [0.15, 0.2) is 0 Å². The summed E-state index contributed by atoms with van der Waals surface area (Å²) in [6.45, 7) is 0. The predicted molar refractivity (Wildman–Crippen MR) is 81.8 cm³/mol. The standard InChI is InChI=1S/C16H18N4O/c17-20-15-10-13(7-8-18-15)16(21)19-14-6-5-11-3-1-2-4-12(11)9-14/h1-4,7-8,10,14H,5-6,9,17H2,(H,18,20)(H,19,21). The van der Waals surface area contributed by atoms with Crippen LogP contribution in [0.2, 0.25) is 0 Å². The van der Waals surface area contributed by atoms with Gasteiger partial charge in [-0.2, -0.15) is 0 Å². The SMILES string of the molecule is NNc1cc(C(=O)NC2CCc3ccccc3C2)ccn1. The molecule has 1 aliphatic rings. The molecule has 4 N–H and O–H groups in total. The number of nitrogens with one attached hydrogen (secondary N) is 2. The van der Waals surface area contributed by atoms with Crippen LogP contribution in [0, 0.1) is 0 Å². The number of fused-ring (bicyclic) bond motifs is 1. The number of hydrogen-bond donors (Lipinski definition) is 3. The predicted octanol–water partition coefficient (Wildman–Crippen LogP) is 1.65. The van der Waals surface area contributed by atoms with Crippen molar-refractivity contribution in [3.05, 3.63) is 59.3 Å². The first-order valence-corrected chi connectivity index (χ1v) is 7.06. The highest BCUT2D eigenvalue weighted by atomic mass is 16.1. The first kappa shape index (κ1) is 13.6. The molecule has 1 aliphatic carbocycles. The summed E-state index contributed by atoms with van der Waals surface area (Å²) in [7, 11) is 0. The van der Waals surface area contributed by atoms with Crippen LogP contribution in [0.1, 0.15) is 27.9 Å². The van der Waals surface area contributed by atoms with E-state index in [-0.39, 0.29) is 11.9 Å². The van der Waals surface area contributed by atoms with Gasteiger partial charge in [-0.05, 0) is 42.5 Å². The molecular formula is C16H18N4O. The third-order valence-electron chi connectivity index (χ3n) is 3.85. The highest BCUT2D eigenvalue weighted by Crippen LogP contribution is 2.21. The third kappa shape index (κ3) is 3.03. The molecule has 5 nitrogen and oxygen atoms in total. The van der Waals surface area contributed by atoms with E-state index in [0.717, 1.165) is 19.3 Å². The molecular weight excluding hydrogens is 264 g/mol. The second kappa shape index (κ2) is 5.93. The van der Waals surface area contributed by atoms with E-state index in [1.165, 1.54) is 11.1 Å². The summed E-state index contributed by atoms with van der Waals surface area (Å²) >= 11 is 0. The van der Waals surface area contributed by atoms with Crippen molar-refractivity contribution in [1.29, 1.82) is 0 Å². The molecule has 0 saturated carbocycles. The van der Waals surface area contributed by atoms with Crippen molar-refractivity contribution in [2.24, 2.45) is 5.84 Å². The van der Waals surface area contributed by atoms with E-state index >= 15 is 0 Å². The lowest BCUT2D eigenvalue weighted by Gasteiger charge is -2.25. The number of aryl methyl sites for hydroxylation is 1. The Morgan fingerprint density at radius 1 is 1.24 bits per heavy atom. The Labute approximate surface area is 123 Å². The fraction of sp³-hybridized carbons (Fsp3) is 0.250. The maximum Gasteiger partial charge on any atom is 0.251 e. The highest BCUT2D eigenvalue weighted by Gasteiger charge is 2.20. The normalized spacial score (nSPS) is 16.9. The second-order valence-corrected chi connectivity index (χ2v) is 5.26. The van der Waals surface area contributed by atoms with Crippen LogP contribution in [-0.4, -0.2) is 16.9 Å². The fourth-order valence-corrected chi connectivity index (χ4v) is 2.74. The van der Waals surface area contributed by atoms with Crippen molar-refractivity contribution in [2.45, 2.75) is 25.3 Å². The second-order valence-electron chi connectivity index (χ2n) is 5.26. The minimum Gasteiger partial charge on any atom is -0.349 e. The summed E-state index contributed by atoms with van der Waals surface area (Å²) in [5.74, 6) is 5.71. The van der Waals surface area contributed by atoms with Crippen LogP contribution in [0.3, 0.4) is 0 Å². The Morgan fingerprint density at radius 3 is 2.86 bits per heavy atom. The van der Waals surface area contributed by atoms with Gasteiger partial charge in [-0.1, -0.05) is 24.3 Å². The molecule has 1 aromatic heterocycles. The first-order valence-electron chi connectivity index (χ1n) is 7.06. The lowest BCUT2D eigenvalue weighted by molar-refractivity contribution is 0.0933. The summed E-state index contributed by atoms with van der Waals surface area (Å²) in [6.07, 6.45) is 4.43. The fourth-order valence-electron chi connectivity index (χ4n) is 2.74. The Kier molecular flexibility index (Phi) is 3.83. The lowest BCUT2D eigenvalue weighted by atomic mass is 9.88. The minimum atomic E-state index is -0.0849. The maximum atomic E-state index is 12.3. The summed E-state index contributed by atoms with van der Waals surface area (Å²) in [6, 6.07) is 11.9. The number of aromatic nitrogens is 1. The van der Waals surface area contributed by atoms with Gasteiger partial charge in [0.2, 0.25) is 0 Å². The smallest absolute Gasteiger partial charge is 0.251 e. The molecule has 0 fully saturated rings. The molecule has 5 heteroatoms. The number of anilines is 1. The van der Waals surface area contributed by atoms with E-state index < -0.39 is 0 Å². The van der Waals surface area contributed by atoms with Crippen molar-refractivity contribution in [3.8, 4) is 0 Å². The molecule has 0 saturated heterocycles. The number of nitrogen functional groups attached to an aromatic ring is 1. The summed E-state index contributed by atoms with van der Waals surface area (Å²) < 4.78 is 0. The van der Waals surface area contributed by atoms with Gasteiger partial charge >= 0.3 is 0 Å². The summed E-state index contributed by atoms with van der Waals surface area (Å²) in [5.41, 5.74) is 5.73. The van der Waals surface area contributed by atoms with Gasteiger partial charge in [-0.25, -0.2) is 10.8 Å². The molecule has 1 atom stereocenters. The Morgan fingerprint density at radius 2 is 2.05 bits per heavy atom. The number of carbonyl (C=O) groups excluding carboxylic acids is 1. The van der Waals surface area contributed by atoms with Crippen LogP contribution in [-0.2, 0) is 12.8 Å². The van der Waals surface area contributed by atoms with E-state index in [1.807, 2.05) is 6.07 Å². The van der Waals surface area contributed by atoms with Gasteiger partial charge in [0.25, 0.3) is 5.91 Å². The van der Waals surface area contributed by atoms with Crippen molar-refractivity contribution in [1.82, 2.24) is 10.3 Å². The Balaban J connectivity index is 1.68. The molecule has 1 unspecified atom stereocenters. The lowest BCUT2D eigenvalue weighted by Crippen LogP contribution is -2.38. The van der Waals surface area contributed by atoms with Crippen LogP contribution in [0.25, 0.3) is 0 Å². The molecule has 2 aromatic rings. The molecule has 0 spiro atoms. The van der Waals surface area contributed by atoms with Crippen LogP contribution in [0.4, 0.5) is 5.82 Å². The first-order chi connectivity index (χ1) is 10.3. The van der Waals surface area contributed by atoms with Crippen LogP contribution in [0.15, 0.2) is 42.6 Å². The summed E-state index contributed by atoms with van der Waals surface area (Å²) in [4.78, 5) is 16.3. The monoisotopic (exact) mass is 282 g/mol. The average molecular weight is 282 g/mol. The zero-order valence-corrected chi connectivity index (χ0v) is 11.7. The van der Waals surface area contributed by atoms with Gasteiger partial charge < -0.3 is 10.7 Å². The average Bonchev–Trinajstić information content (AvgIpc) is 2.54. The molecule has 1 amide bonds. The number of pyridine rings is 1. The number of benzene rings is 1. The maximum absolute atomic E-state index is 12.3. The van der Waals surface area contributed by atoms with Gasteiger partial charge in [-0.3, -0.25) is 4.79 Å².